The van der Waals surface area contributed by atoms with Gasteiger partial charge in [-0.15, -0.1) is 0 Å². The number of benzene rings is 1. The lowest BCUT2D eigenvalue weighted by atomic mass is 9.88. The van der Waals surface area contributed by atoms with Gasteiger partial charge in [0.2, 0.25) is 14.9 Å². The number of furan rings is 1. The first-order valence-corrected chi connectivity index (χ1v) is 11.8. The highest BCUT2D eigenvalue weighted by Crippen LogP contribution is 2.24. The van der Waals surface area contributed by atoms with E-state index in [1.165, 1.54) is 17.7 Å². The van der Waals surface area contributed by atoms with Crippen molar-refractivity contribution in [3.8, 4) is 0 Å². The summed E-state index contributed by atoms with van der Waals surface area (Å²) in [5.74, 6) is 0.240. The number of carbonyl (C=O) groups excluding carboxylic acids is 2. The van der Waals surface area contributed by atoms with Gasteiger partial charge in [0.15, 0.2) is 11.5 Å². The molecule has 0 saturated carbocycles. The lowest BCUT2D eigenvalue weighted by Crippen LogP contribution is -2.40. The van der Waals surface area contributed by atoms with Gasteiger partial charge in [0.1, 0.15) is 0 Å². The molecule has 7 heteroatoms. The van der Waals surface area contributed by atoms with Crippen LogP contribution in [0.5, 0.6) is 0 Å². The van der Waals surface area contributed by atoms with Gasteiger partial charge in [-0.2, -0.15) is 0 Å². The Kier molecular flexibility index (Phi) is 6.27. The number of Topliss-reactive ketones (excluding diaryl/α,β-unsaturated/α-hetero) is 1. The molecule has 0 bridgehead atoms. The number of sulfone groups is 1. The number of likely N-dealkylation sites (tertiary alicyclic amines) is 1. The van der Waals surface area contributed by atoms with Gasteiger partial charge in [-0.05, 0) is 42.9 Å². The Balaban J connectivity index is 1.59. The van der Waals surface area contributed by atoms with Crippen molar-refractivity contribution in [3.63, 3.8) is 0 Å². The summed E-state index contributed by atoms with van der Waals surface area (Å²) in [6.45, 7) is 5.21. The van der Waals surface area contributed by atoms with Crippen LogP contribution in [0.15, 0.2) is 45.9 Å². The van der Waals surface area contributed by atoms with Crippen LogP contribution in [0.2, 0.25) is 0 Å². The Morgan fingerprint density at radius 2 is 1.69 bits per heavy atom. The van der Waals surface area contributed by atoms with E-state index in [4.69, 9.17) is 4.42 Å². The Morgan fingerprint density at radius 3 is 2.21 bits per heavy atom. The van der Waals surface area contributed by atoms with E-state index in [1.807, 2.05) is 24.3 Å². The number of hydrogen-bond donors (Lipinski definition) is 0. The summed E-state index contributed by atoms with van der Waals surface area (Å²) in [6, 6.07) is 10.5. The number of ketones is 1. The molecule has 156 valence electrons. The zero-order chi connectivity index (χ0) is 21.2. The van der Waals surface area contributed by atoms with Crippen molar-refractivity contribution in [2.24, 2.45) is 11.8 Å². The first kappa shape index (κ1) is 21.3. The van der Waals surface area contributed by atoms with Crippen molar-refractivity contribution in [1.82, 2.24) is 4.90 Å². The van der Waals surface area contributed by atoms with E-state index in [-0.39, 0.29) is 28.5 Å². The van der Waals surface area contributed by atoms with E-state index in [1.54, 1.807) is 4.90 Å². The van der Waals surface area contributed by atoms with Crippen molar-refractivity contribution < 1.29 is 22.4 Å². The molecule has 0 radical (unpaired) electrons. The molecule has 3 rings (SSSR count). The summed E-state index contributed by atoms with van der Waals surface area (Å²) in [6.07, 6.45) is 3.19. The number of piperidine rings is 1. The van der Waals surface area contributed by atoms with Crippen LogP contribution >= 0.6 is 0 Å². The summed E-state index contributed by atoms with van der Waals surface area (Å²) in [4.78, 5) is 27.0. The highest BCUT2D eigenvalue weighted by molar-refractivity contribution is 7.90. The molecule has 0 spiro atoms. The van der Waals surface area contributed by atoms with E-state index in [9.17, 15) is 18.0 Å². The third-order valence-electron chi connectivity index (χ3n) is 5.19. The largest absolute Gasteiger partial charge is 0.440 e. The van der Waals surface area contributed by atoms with Crippen LogP contribution in [0.3, 0.4) is 0 Å². The van der Waals surface area contributed by atoms with Crippen molar-refractivity contribution in [3.05, 3.63) is 53.3 Å². The van der Waals surface area contributed by atoms with E-state index >= 15 is 0 Å². The summed E-state index contributed by atoms with van der Waals surface area (Å²) in [5.41, 5.74) is 1.94. The fraction of sp³-hybridized carbons (Fsp3) is 0.455. The molecule has 1 amide bonds. The molecular weight excluding hydrogens is 390 g/mol. The van der Waals surface area contributed by atoms with Crippen LogP contribution in [-0.2, 0) is 16.3 Å². The molecule has 29 heavy (non-hydrogen) atoms. The standard InChI is InChI=1S/C22H27NO5S/c1-15(2)14-16-4-6-17(7-5-16)21(24)18-10-12-23(13-11-18)22(25)19-8-9-20(28-19)29(3,26)27/h4-9,15,18H,10-14H2,1-3H3. The SMILES string of the molecule is CC(C)Cc1ccc(C(=O)C2CCN(C(=O)c3ccc(S(C)(=O)=O)o3)CC2)cc1. The molecular formula is C22H27NO5S. The maximum atomic E-state index is 12.8. The van der Waals surface area contributed by atoms with Gasteiger partial charge in [0, 0.05) is 30.8 Å². The van der Waals surface area contributed by atoms with Gasteiger partial charge >= 0.3 is 0 Å². The number of nitrogens with zero attached hydrogens (tertiary/aromatic N) is 1. The van der Waals surface area contributed by atoms with Crippen LogP contribution in [0.25, 0.3) is 0 Å². The minimum atomic E-state index is -3.49. The lowest BCUT2D eigenvalue weighted by Gasteiger charge is -2.30. The molecule has 1 aliphatic rings. The quantitative estimate of drug-likeness (QED) is 0.670. The molecule has 2 aromatic rings. The maximum Gasteiger partial charge on any atom is 0.289 e. The Hall–Kier alpha value is -2.41. The smallest absolute Gasteiger partial charge is 0.289 e. The normalized spacial score (nSPS) is 15.7. The first-order valence-electron chi connectivity index (χ1n) is 9.87. The van der Waals surface area contributed by atoms with Gasteiger partial charge in [0.05, 0.1) is 0 Å². The second-order valence-electron chi connectivity index (χ2n) is 8.12. The van der Waals surface area contributed by atoms with Crippen molar-refractivity contribution in [1.29, 1.82) is 0 Å². The fourth-order valence-electron chi connectivity index (χ4n) is 3.65. The van der Waals surface area contributed by atoms with E-state index in [2.05, 4.69) is 13.8 Å². The van der Waals surface area contributed by atoms with E-state index in [0.717, 1.165) is 12.7 Å². The van der Waals surface area contributed by atoms with Gasteiger partial charge in [-0.1, -0.05) is 38.1 Å². The molecule has 1 aromatic carbocycles. The molecule has 1 aliphatic heterocycles. The average molecular weight is 418 g/mol. The summed E-state index contributed by atoms with van der Waals surface area (Å²) in [5, 5.41) is -0.216. The molecule has 0 aliphatic carbocycles. The number of hydrogen-bond acceptors (Lipinski definition) is 5. The minimum Gasteiger partial charge on any atom is -0.440 e. The third-order valence-corrected chi connectivity index (χ3v) is 6.14. The number of amides is 1. The molecule has 6 nitrogen and oxygen atoms in total. The highest BCUT2D eigenvalue weighted by Gasteiger charge is 2.30. The second kappa shape index (κ2) is 8.53. The van der Waals surface area contributed by atoms with Gasteiger partial charge < -0.3 is 9.32 Å². The van der Waals surface area contributed by atoms with E-state index in [0.29, 0.717) is 37.4 Å². The van der Waals surface area contributed by atoms with Crippen molar-refractivity contribution in [2.45, 2.75) is 38.2 Å². The highest BCUT2D eigenvalue weighted by atomic mass is 32.2. The van der Waals surface area contributed by atoms with Crippen LogP contribution in [0.4, 0.5) is 0 Å². The Morgan fingerprint density at radius 1 is 1.07 bits per heavy atom. The topological polar surface area (TPSA) is 84.7 Å². The molecule has 2 heterocycles. The van der Waals surface area contributed by atoms with Crippen molar-refractivity contribution >= 4 is 21.5 Å². The zero-order valence-electron chi connectivity index (χ0n) is 17.1. The molecule has 1 aromatic heterocycles. The van der Waals surface area contributed by atoms with E-state index < -0.39 is 9.84 Å². The fourth-order valence-corrected chi connectivity index (χ4v) is 4.20. The Bertz CT molecular complexity index is 980. The monoisotopic (exact) mass is 417 g/mol. The summed E-state index contributed by atoms with van der Waals surface area (Å²) >= 11 is 0. The first-order chi connectivity index (χ1) is 13.6. The lowest BCUT2D eigenvalue weighted by molar-refractivity contribution is 0.0620. The molecule has 0 atom stereocenters. The summed E-state index contributed by atoms with van der Waals surface area (Å²) < 4.78 is 28.2. The average Bonchev–Trinajstić information content (AvgIpc) is 3.18. The second-order valence-corrected chi connectivity index (χ2v) is 10.1. The van der Waals surface area contributed by atoms with Gasteiger partial charge in [-0.25, -0.2) is 8.42 Å². The van der Waals surface area contributed by atoms with Crippen LogP contribution in [0, 0.1) is 11.8 Å². The minimum absolute atomic E-state index is 0.0101. The third kappa shape index (κ3) is 5.15. The molecule has 1 saturated heterocycles. The Labute approximate surface area is 171 Å². The molecule has 1 fully saturated rings. The molecule has 0 N–H and O–H groups in total. The van der Waals surface area contributed by atoms with Gasteiger partial charge in [-0.3, -0.25) is 9.59 Å². The van der Waals surface area contributed by atoms with Crippen LogP contribution in [-0.4, -0.2) is 44.4 Å². The summed E-state index contributed by atoms with van der Waals surface area (Å²) in [7, 11) is -3.49. The van der Waals surface area contributed by atoms with Crippen LogP contribution in [0.1, 0.15) is 53.2 Å². The number of rotatable bonds is 6. The zero-order valence-corrected chi connectivity index (χ0v) is 17.9. The number of carbonyl (C=O) groups is 2. The maximum absolute atomic E-state index is 12.8. The predicted octanol–water partition coefficient (Wildman–Crippen LogP) is 3.62. The molecule has 0 unspecified atom stereocenters. The predicted molar refractivity (Wildman–Crippen MR) is 110 cm³/mol. The van der Waals surface area contributed by atoms with Crippen molar-refractivity contribution in [2.75, 3.05) is 19.3 Å². The van der Waals surface area contributed by atoms with Crippen LogP contribution < -0.4 is 0 Å². The van der Waals surface area contributed by atoms with Gasteiger partial charge in [0.25, 0.3) is 5.91 Å².